The standard InChI is InChI=1S/C15H14ClNO2S/c1-20(18,19)17-10-9-12-3-2-4-14(15(12)17)11-5-7-13(16)8-6-11/h2-8H,9-10H2,1H3. The second kappa shape index (κ2) is 4.79. The van der Waals surface area contributed by atoms with Gasteiger partial charge >= 0.3 is 0 Å². The van der Waals surface area contributed by atoms with Crippen LogP contribution in [-0.2, 0) is 16.4 Å². The van der Waals surface area contributed by atoms with Crippen LogP contribution >= 0.6 is 11.6 Å². The summed E-state index contributed by atoms with van der Waals surface area (Å²) < 4.78 is 25.4. The van der Waals surface area contributed by atoms with E-state index < -0.39 is 10.0 Å². The molecule has 0 amide bonds. The number of rotatable bonds is 2. The lowest BCUT2D eigenvalue weighted by molar-refractivity contribution is 0.598. The van der Waals surface area contributed by atoms with E-state index in [0.29, 0.717) is 11.6 Å². The quantitative estimate of drug-likeness (QED) is 0.853. The fraction of sp³-hybridized carbons (Fsp3) is 0.200. The molecule has 0 bridgehead atoms. The van der Waals surface area contributed by atoms with Gasteiger partial charge in [-0.2, -0.15) is 0 Å². The lowest BCUT2D eigenvalue weighted by atomic mass is 10.0. The minimum Gasteiger partial charge on any atom is -0.269 e. The maximum Gasteiger partial charge on any atom is 0.232 e. The molecule has 3 rings (SSSR count). The third kappa shape index (κ3) is 2.30. The Balaban J connectivity index is 2.19. The Labute approximate surface area is 123 Å². The van der Waals surface area contributed by atoms with Gasteiger partial charge in [-0.05, 0) is 29.7 Å². The first-order chi connectivity index (χ1) is 9.47. The molecule has 0 unspecified atom stereocenters. The first kappa shape index (κ1) is 13.5. The fourth-order valence-electron chi connectivity index (χ4n) is 2.62. The van der Waals surface area contributed by atoms with E-state index in [1.54, 1.807) is 0 Å². The highest BCUT2D eigenvalue weighted by Crippen LogP contribution is 2.39. The van der Waals surface area contributed by atoms with Crippen molar-refractivity contribution in [2.45, 2.75) is 6.42 Å². The van der Waals surface area contributed by atoms with E-state index in [4.69, 9.17) is 11.6 Å². The van der Waals surface area contributed by atoms with Crippen molar-refractivity contribution in [1.82, 2.24) is 0 Å². The van der Waals surface area contributed by atoms with E-state index in [9.17, 15) is 8.42 Å². The van der Waals surface area contributed by atoms with Crippen LogP contribution in [0.15, 0.2) is 42.5 Å². The SMILES string of the molecule is CS(=O)(=O)N1CCc2cccc(-c3ccc(Cl)cc3)c21. The smallest absolute Gasteiger partial charge is 0.232 e. The van der Waals surface area contributed by atoms with Crippen LogP contribution in [0.25, 0.3) is 11.1 Å². The highest BCUT2D eigenvalue weighted by Gasteiger charge is 2.28. The summed E-state index contributed by atoms with van der Waals surface area (Å²) in [5.74, 6) is 0. The maximum absolute atomic E-state index is 11.9. The normalized spacial score (nSPS) is 14.4. The van der Waals surface area contributed by atoms with Crippen molar-refractivity contribution in [2.75, 3.05) is 17.1 Å². The molecule has 1 aliphatic rings. The molecule has 3 nitrogen and oxygen atoms in total. The molecule has 5 heteroatoms. The van der Waals surface area contributed by atoms with Gasteiger partial charge in [-0.1, -0.05) is 41.9 Å². The number of nitrogens with zero attached hydrogens (tertiary/aromatic N) is 1. The van der Waals surface area contributed by atoms with Crippen LogP contribution in [0.3, 0.4) is 0 Å². The molecular weight excluding hydrogens is 294 g/mol. The predicted molar refractivity (Wildman–Crippen MR) is 82.8 cm³/mol. The molecular formula is C15H14ClNO2S. The minimum atomic E-state index is -3.25. The molecule has 0 saturated carbocycles. The van der Waals surface area contributed by atoms with E-state index in [1.807, 2.05) is 42.5 Å². The summed E-state index contributed by atoms with van der Waals surface area (Å²) in [5, 5.41) is 0.668. The van der Waals surface area contributed by atoms with E-state index in [2.05, 4.69) is 0 Å². The van der Waals surface area contributed by atoms with Crippen LogP contribution < -0.4 is 4.31 Å². The van der Waals surface area contributed by atoms with Gasteiger partial charge in [-0.15, -0.1) is 0 Å². The summed E-state index contributed by atoms with van der Waals surface area (Å²) in [5.41, 5.74) is 3.78. The molecule has 104 valence electrons. The van der Waals surface area contributed by atoms with E-state index >= 15 is 0 Å². The number of hydrogen-bond donors (Lipinski definition) is 0. The summed E-state index contributed by atoms with van der Waals surface area (Å²) in [4.78, 5) is 0. The zero-order chi connectivity index (χ0) is 14.3. The Morgan fingerprint density at radius 3 is 2.45 bits per heavy atom. The highest BCUT2D eigenvalue weighted by atomic mass is 35.5. The molecule has 0 spiro atoms. The van der Waals surface area contributed by atoms with Gasteiger partial charge in [0.2, 0.25) is 10.0 Å². The molecule has 1 heterocycles. The molecule has 2 aromatic rings. The summed E-state index contributed by atoms with van der Waals surface area (Å²) in [6.45, 7) is 0.513. The van der Waals surface area contributed by atoms with Crippen molar-refractivity contribution in [3.63, 3.8) is 0 Å². The van der Waals surface area contributed by atoms with Crippen molar-refractivity contribution in [1.29, 1.82) is 0 Å². The number of benzene rings is 2. The van der Waals surface area contributed by atoms with Gasteiger partial charge in [-0.3, -0.25) is 4.31 Å². The summed E-state index contributed by atoms with van der Waals surface area (Å²) >= 11 is 5.91. The van der Waals surface area contributed by atoms with Gasteiger partial charge in [0.05, 0.1) is 11.9 Å². The van der Waals surface area contributed by atoms with Gasteiger partial charge in [0.25, 0.3) is 0 Å². The van der Waals surface area contributed by atoms with E-state index in [0.717, 1.165) is 28.8 Å². The first-order valence-corrected chi connectivity index (χ1v) is 8.55. The molecule has 1 aliphatic heterocycles. The molecule has 20 heavy (non-hydrogen) atoms. The molecule has 0 N–H and O–H groups in total. The third-order valence-corrected chi connectivity index (χ3v) is 4.93. The summed E-state index contributed by atoms with van der Waals surface area (Å²) in [6.07, 6.45) is 2.00. The number of sulfonamides is 1. The summed E-state index contributed by atoms with van der Waals surface area (Å²) in [6, 6.07) is 13.4. The minimum absolute atomic E-state index is 0.513. The second-order valence-corrected chi connectivity index (χ2v) is 7.25. The summed E-state index contributed by atoms with van der Waals surface area (Å²) in [7, 11) is -3.25. The van der Waals surface area contributed by atoms with Crippen molar-refractivity contribution in [2.24, 2.45) is 0 Å². The maximum atomic E-state index is 11.9. The number of anilines is 1. The number of hydrogen-bond acceptors (Lipinski definition) is 2. The van der Waals surface area contributed by atoms with Gasteiger partial charge in [0.1, 0.15) is 0 Å². The second-order valence-electron chi connectivity index (χ2n) is 4.91. The molecule has 0 aromatic heterocycles. The van der Waals surface area contributed by atoms with Crippen LogP contribution in [0.1, 0.15) is 5.56 Å². The van der Waals surface area contributed by atoms with Crippen LogP contribution in [0.4, 0.5) is 5.69 Å². The average Bonchev–Trinajstić information content (AvgIpc) is 2.83. The Morgan fingerprint density at radius 2 is 1.80 bits per heavy atom. The molecule has 0 radical (unpaired) electrons. The Hall–Kier alpha value is -1.52. The van der Waals surface area contributed by atoms with Crippen LogP contribution in [0.2, 0.25) is 5.02 Å². The molecule has 0 saturated heterocycles. The van der Waals surface area contributed by atoms with Gasteiger partial charge in [0.15, 0.2) is 0 Å². The molecule has 2 aromatic carbocycles. The van der Waals surface area contributed by atoms with Crippen LogP contribution in [-0.4, -0.2) is 21.2 Å². The molecule has 0 fully saturated rings. The number of halogens is 1. The average molecular weight is 308 g/mol. The van der Waals surface area contributed by atoms with E-state index in [1.165, 1.54) is 10.6 Å². The molecule has 0 aliphatic carbocycles. The van der Waals surface area contributed by atoms with Crippen molar-refractivity contribution in [3.8, 4) is 11.1 Å². The van der Waals surface area contributed by atoms with Crippen molar-refractivity contribution < 1.29 is 8.42 Å². The lowest BCUT2D eigenvalue weighted by Gasteiger charge is -2.20. The Bertz CT molecular complexity index is 754. The Kier molecular flexibility index (Phi) is 3.22. The predicted octanol–water partition coefficient (Wildman–Crippen LogP) is 3.33. The zero-order valence-electron chi connectivity index (χ0n) is 11.0. The van der Waals surface area contributed by atoms with Gasteiger partial charge in [-0.25, -0.2) is 8.42 Å². The van der Waals surface area contributed by atoms with E-state index in [-0.39, 0.29) is 0 Å². The number of fused-ring (bicyclic) bond motifs is 1. The topological polar surface area (TPSA) is 37.4 Å². The Morgan fingerprint density at radius 1 is 1.10 bits per heavy atom. The fourth-order valence-corrected chi connectivity index (χ4v) is 3.71. The van der Waals surface area contributed by atoms with Gasteiger partial charge < -0.3 is 0 Å². The monoisotopic (exact) mass is 307 g/mol. The first-order valence-electron chi connectivity index (χ1n) is 6.32. The lowest BCUT2D eigenvalue weighted by Crippen LogP contribution is -2.27. The van der Waals surface area contributed by atoms with Gasteiger partial charge in [0, 0.05) is 17.1 Å². The largest absolute Gasteiger partial charge is 0.269 e. The van der Waals surface area contributed by atoms with Crippen molar-refractivity contribution >= 4 is 27.3 Å². The van der Waals surface area contributed by atoms with Crippen LogP contribution in [0, 0.1) is 0 Å². The number of para-hydroxylation sites is 1. The highest BCUT2D eigenvalue weighted by molar-refractivity contribution is 7.92. The van der Waals surface area contributed by atoms with Crippen LogP contribution in [0.5, 0.6) is 0 Å². The zero-order valence-corrected chi connectivity index (χ0v) is 12.6. The molecule has 0 atom stereocenters. The third-order valence-electron chi connectivity index (χ3n) is 3.51. The van der Waals surface area contributed by atoms with Crippen molar-refractivity contribution in [3.05, 3.63) is 53.1 Å².